The van der Waals surface area contributed by atoms with Gasteiger partial charge in [0.25, 0.3) is 5.91 Å². The van der Waals surface area contributed by atoms with Crippen LogP contribution < -0.4 is 20.6 Å². The summed E-state index contributed by atoms with van der Waals surface area (Å²) in [5.41, 5.74) is 2.82. The molecule has 0 atom stereocenters. The molecule has 0 saturated carbocycles. The molecule has 0 aliphatic heterocycles. The molecule has 1 aromatic carbocycles. The predicted octanol–water partition coefficient (Wildman–Crippen LogP) is 3.71. The lowest BCUT2D eigenvalue weighted by atomic mass is 10.2. The highest BCUT2D eigenvalue weighted by atomic mass is 35.5. The normalized spacial score (nSPS) is 10.9. The summed E-state index contributed by atoms with van der Waals surface area (Å²) in [5, 5.41) is 6.17. The monoisotopic (exact) mass is 446 g/mol. The van der Waals surface area contributed by atoms with Gasteiger partial charge in [0.2, 0.25) is 0 Å². The van der Waals surface area contributed by atoms with Gasteiger partial charge in [0.05, 0.1) is 35.0 Å². The Bertz CT molecular complexity index is 1110. The zero-order chi connectivity index (χ0) is 21.5. The molecule has 0 radical (unpaired) electrons. The molecule has 8 nitrogen and oxygen atoms in total. The first-order valence-electron chi connectivity index (χ1n) is 9.09. The van der Waals surface area contributed by atoms with Crippen LogP contribution in [0.1, 0.15) is 29.9 Å². The molecule has 10 heteroatoms. The number of hydrogen-bond donors (Lipinski definition) is 2. The fraction of sp³-hybridized carbons (Fsp3) is 0.200. The molecule has 3 rings (SSSR count). The smallest absolute Gasteiger partial charge is 0.346 e. The van der Waals surface area contributed by atoms with Gasteiger partial charge in [-0.3, -0.25) is 4.79 Å². The Hall–Kier alpha value is -3.17. The molecule has 0 aliphatic carbocycles. The van der Waals surface area contributed by atoms with E-state index in [1.807, 2.05) is 31.4 Å². The summed E-state index contributed by atoms with van der Waals surface area (Å²) in [6, 6.07) is 8.53. The van der Waals surface area contributed by atoms with Gasteiger partial charge in [-0.2, -0.15) is 10.1 Å². The number of nitrogens with zero attached hydrogens (tertiary/aromatic N) is 2. The fourth-order valence-corrected chi connectivity index (χ4v) is 3.54. The Morgan fingerprint density at radius 2 is 2.10 bits per heavy atom. The molecule has 0 aliphatic rings. The van der Waals surface area contributed by atoms with E-state index < -0.39 is 11.6 Å². The van der Waals surface area contributed by atoms with Gasteiger partial charge >= 0.3 is 5.69 Å². The number of H-pyrrole nitrogens is 1. The van der Waals surface area contributed by atoms with Crippen molar-refractivity contribution in [3.8, 4) is 22.1 Å². The van der Waals surface area contributed by atoms with Gasteiger partial charge in [-0.15, -0.1) is 11.3 Å². The molecule has 0 spiro atoms. The zero-order valence-corrected chi connectivity index (χ0v) is 17.8. The summed E-state index contributed by atoms with van der Waals surface area (Å²) in [7, 11) is 0. The quantitative estimate of drug-likeness (QED) is 0.405. The van der Waals surface area contributed by atoms with Crippen LogP contribution in [0.2, 0.25) is 5.02 Å². The van der Waals surface area contributed by atoms with E-state index in [-0.39, 0.29) is 5.69 Å². The number of aromatic nitrogens is 2. The Morgan fingerprint density at radius 1 is 1.30 bits per heavy atom. The van der Waals surface area contributed by atoms with Crippen LogP contribution in [0, 0.1) is 0 Å². The predicted molar refractivity (Wildman–Crippen MR) is 117 cm³/mol. The average Bonchev–Trinajstić information content (AvgIpc) is 3.25. The molecule has 2 heterocycles. The number of carbonyl (C=O) groups excluding carboxylic acids is 1. The molecule has 0 saturated heterocycles. The van der Waals surface area contributed by atoms with Crippen molar-refractivity contribution in [1.29, 1.82) is 0 Å². The van der Waals surface area contributed by atoms with Crippen LogP contribution in [0.3, 0.4) is 0 Å². The Kier molecular flexibility index (Phi) is 7.21. The van der Waals surface area contributed by atoms with Crippen molar-refractivity contribution in [1.82, 2.24) is 15.4 Å². The first kappa shape index (κ1) is 21.5. The number of amides is 1. The van der Waals surface area contributed by atoms with Crippen molar-refractivity contribution in [3.63, 3.8) is 0 Å². The molecule has 3 aromatic rings. The number of hydrazone groups is 1. The molecule has 2 N–H and O–H groups in total. The van der Waals surface area contributed by atoms with Crippen LogP contribution >= 0.6 is 22.9 Å². The van der Waals surface area contributed by atoms with E-state index in [4.69, 9.17) is 21.1 Å². The highest BCUT2D eigenvalue weighted by molar-refractivity contribution is 7.13. The summed E-state index contributed by atoms with van der Waals surface area (Å²) < 4.78 is 11.1. The number of ether oxygens (including phenoxy) is 2. The Labute approximate surface area is 181 Å². The summed E-state index contributed by atoms with van der Waals surface area (Å²) in [6.45, 7) is 4.58. The maximum Gasteiger partial charge on any atom is 0.346 e. The van der Waals surface area contributed by atoms with Crippen LogP contribution in [0.15, 0.2) is 45.6 Å². The minimum Gasteiger partial charge on any atom is -0.490 e. The van der Waals surface area contributed by atoms with Gasteiger partial charge in [0.1, 0.15) is 5.69 Å². The molecule has 0 bridgehead atoms. The van der Waals surface area contributed by atoms with Crippen LogP contribution in [0.5, 0.6) is 11.5 Å². The lowest BCUT2D eigenvalue weighted by Gasteiger charge is -2.13. The summed E-state index contributed by atoms with van der Waals surface area (Å²) >= 11 is 7.71. The molecule has 156 valence electrons. The minimum atomic E-state index is -0.616. The van der Waals surface area contributed by atoms with E-state index in [9.17, 15) is 9.59 Å². The van der Waals surface area contributed by atoms with Crippen LogP contribution in [-0.4, -0.2) is 35.3 Å². The summed E-state index contributed by atoms with van der Waals surface area (Å²) in [6.07, 6.45) is 1.41. The largest absolute Gasteiger partial charge is 0.490 e. The molecule has 0 fully saturated rings. The van der Waals surface area contributed by atoms with Gasteiger partial charge in [0.15, 0.2) is 11.5 Å². The SMILES string of the molecule is CCOc1cc(/C=N/NC(=O)c2cc(-c3cccs3)[nH]c(=O)n2)cc(Cl)c1OCC. The summed E-state index contributed by atoms with van der Waals surface area (Å²) in [4.78, 5) is 31.3. The van der Waals surface area contributed by atoms with Crippen LogP contribution in [-0.2, 0) is 0 Å². The molecule has 2 aromatic heterocycles. The van der Waals surface area contributed by atoms with E-state index in [0.29, 0.717) is 41.0 Å². The molecule has 1 amide bonds. The number of benzene rings is 1. The Balaban J connectivity index is 1.77. The molecule has 0 unspecified atom stereocenters. The van der Waals surface area contributed by atoms with Gasteiger partial charge in [-0.05, 0) is 49.1 Å². The lowest BCUT2D eigenvalue weighted by Crippen LogP contribution is -2.24. The van der Waals surface area contributed by atoms with Gasteiger partial charge in [0, 0.05) is 0 Å². The maximum absolute atomic E-state index is 12.4. The van der Waals surface area contributed by atoms with Gasteiger partial charge in [-0.1, -0.05) is 17.7 Å². The maximum atomic E-state index is 12.4. The fourth-order valence-electron chi connectivity index (χ4n) is 2.57. The van der Waals surface area contributed by atoms with E-state index in [2.05, 4.69) is 20.5 Å². The van der Waals surface area contributed by atoms with Crippen molar-refractivity contribution in [2.24, 2.45) is 5.10 Å². The second-order valence-electron chi connectivity index (χ2n) is 5.86. The van der Waals surface area contributed by atoms with E-state index in [1.54, 1.807) is 12.1 Å². The van der Waals surface area contributed by atoms with Crippen molar-refractivity contribution < 1.29 is 14.3 Å². The number of thiophene rings is 1. The third-order valence-corrected chi connectivity index (χ3v) is 4.95. The highest BCUT2D eigenvalue weighted by Gasteiger charge is 2.13. The summed E-state index contributed by atoms with van der Waals surface area (Å²) in [5.74, 6) is 0.324. The van der Waals surface area contributed by atoms with E-state index in [0.717, 1.165) is 4.88 Å². The topological polar surface area (TPSA) is 106 Å². The number of hydrogen-bond acceptors (Lipinski definition) is 7. The van der Waals surface area contributed by atoms with Crippen molar-refractivity contribution in [2.45, 2.75) is 13.8 Å². The van der Waals surface area contributed by atoms with Crippen LogP contribution in [0.25, 0.3) is 10.6 Å². The number of rotatable bonds is 8. The second-order valence-corrected chi connectivity index (χ2v) is 7.21. The zero-order valence-electron chi connectivity index (χ0n) is 16.3. The number of nitrogens with one attached hydrogen (secondary N) is 2. The van der Waals surface area contributed by atoms with Crippen molar-refractivity contribution in [3.05, 3.63) is 62.5 Å². The number of aromatic amines is 1. The van der Waals surface area contributed by atoms with E-state index >= 15 is 0 Å². The van der Waals surface area contributed by atoms with Crippen molar-refractivity contribution in [2.75, 3.05) is 13.2 Å². The third kappa shape index (κ3) is 5.25. The third-order valence-electron chi connectivity index (χ3n) is 3.76. The highest BCUT2D eigenvalue weighted by Crippen LogP contribution is 2.36. The second kappa shape index (κ2) is 10.0. The standard InChI is InChI=1S/C20H19ClN4O4S/c1-3-28-16-9-12(8-13(21)18(16)29-4-2)11-22-25-19(26)15-10-14(23-20(27)24-15)17-6-5-7-30-17/h5-11H,3-4H2,1-2H3,(H,25,26)(H,23,24,27)/b22-11+. The van der Waals surface area contributed by atoms with Gasteiger partial charge in [-0.25, -0.2) is 10.2 Å². The molecular formula is C20H19ClN4O4S. The molecular weight excluding hydrogens is 428 g/mol. The van der Waals surface area contributed by atoms with Crippen LogP contribution in [0.4, 0.5) is 0 Å². The minimum absolute atomic E-state index is 0.0426. The first-order valence-corrected chi connectivity index (χ1v) is 10.3. The first-order chi connectivity index (χ1) is 14.5. The average molecular weight is 447 g/mol. The number of carbonyl (C=O) groups is 1. The lowest BCUT2D eigenvalue weighted by molar-refractivity contribution is 0.0949. The Morgan fingerprint density at radius 3 is 2.80 bits per heavy atom. The van der Waals surface area contributed by atoms with E-state index in [1.165, 1.54) is 23.6 Å². The van der Waals surface area contributed by atoms with Gasteiger partial charge < -0.3 is 14.5 Å². The van der Waals surface area contributed by atoms with Crippen molar-refractivity contribution >= 4 is 35.1 Å². The number of halogens is 1. The molecule has 30 heavy (non-hydrogen) atoms.